The van der Waals surface area contributed by atoms with Gasteiger partial charge in [-0.1, -0.05) is 19.4 Å². The SMILES string of the molecule is CC[C@@H]1C[C@]2(CC[C@H]1OC)Cc1ccc(C#N)cc1[C@]21N=C(N)N(CC(F)(F)F)C1=O. The van der Waals surface area contributed by atoms with Crippen molar-refractivity contribution in [2.75, 3.05) is 13.7 Å². The number of fused-ring (bicyclic) bond motifs is 3. The van der Waals surface area contributed by atoms with Crippen LogP contribution in [0.15, 0.2) is 23.2 Å². The summed E-state index contributed by atoms with van der Waals surface area (Å²) in [6.07, 6.45) is -1.43. The zero-order valence-corrected chi connectivity index (χ0v) is 17.5. The molecule has 31 heavy (non-hydrogen) atoms. The molecular weight excluding hydrogens is 409 g/mol. The van der Waals surface area contributed by atoms with Crippen LogP contribution in [0.1, 0.15) is 49.3 Å². The van der Waals surface area contributed by atoms with E-state index >= 15 is 0 Å². The average molecular weight is 434 g/mol. The third kappa shape index (κ3) is 3.11. The number of halogens is 3. The van der Waals surface area contributed by atoms with Gasteiger partial charge in [-0.25, -0.2) is 4.99 Å². The molecule has 4 atom stereocenters. The van der Waals surface area contributed by atoms with E-state index in [-0.39, 0.29) is 12.0 Å². The number of aliphatic imine (C=N–C) groups is 1. The van der Waals surface area contributed by atoms with Crippen LogP contribution < -0.4 is 5.73 Å². The molecule has 1 aromatic carbocycles. The van der Waals surface area contributed by atoms with Crippen molar-refractivity contribution in [2.24, 2.45) is 22.1 Å². The lowest BCUT2D eigenvalue weighted by Gasteiger charge is -2.48. The minimum absolute atomic E-state index is 0.0233. The Morgan fingerprint density at radius 3 is 2.77 bits per heavy atom. The number of carbonyl (C=O) groups excluding carboxylic acids is 1. The number of carbonyl (C=O) groups is 1. The topological polar surface area (TPSA) is 91.7 Å². The molecule has 3 aliphatic rings. The first-order chi connectivity index (χ1) is 14.6. The van der Waals surface area contributed by atoms with E-state index in [0.717, 1.165) is 12.0 Å². The van der Waals surface area contributed by atoms with Crippen LogP contribution in [0.2, 0.25) is 0 Å². The van der Waals surface area contributed by atoms with Gasteiger partial charge in [-0.15, -0.1) is 0 Å². The summed E-state index contributed by atoms with van der Waals surface area (Å²) < 4.78 is 45.3. The van der Waals surface area contributed by atoms with E-state index in [9.17, 15) is 23.2 Å². The Bertz CT molecular complexity index is 986. The number of benzene rings is 1. The van der Waals surface area contributed by atoms with Crippen molar-refractivity contribution < 1.29 is 22.7 Å². The molecule has 6 nitrogen and oxygen atoms in total. The van der Waals surface area contributed by atoms with E-state index in [1.807, 2.05) is 6.92 Å². The predicted molar refractivity (Wildman–Crippen MR) is 107 cm³/mol. The number of rotatable bonds is 3. The van der Waals surface area contributed by atoms with Gasteiger partial charge in [0.1, 0.15) is 6.54 Å². The highest BCUT2D eigenvalue weighted by Crippen LogP contribution is 2.63. The smallest absolute Gasteiger partial charge is 0.381 e. The fourth-order valence-electron chi connectivity index (χ4n) is 5.94. The summed E-state index contributed by atoms with van der Waals surface area (Å²) in [4.78, 5) is 18.8. The monoisotopic (exact) mass is 434 g/mol. The maximum atomic E-state index is 13.7. The van der Waals surface area contributed by atoms with Gasteiger partial charge in [0.2, 0.25) is 0 Å². The van der Waals surface area contributed by atoms with Gasteiger partial charge >= 0.3 is 6.18 Å². The fraction of sp³-hybridized carbons (Fsp3) is 0.591. The largest absolute Gasteiger partial charge is 0.406 e. The van der Waals surface area contributed by atoms with Crippen molar-refractivity contribution in [2.45, 2.75) is 56.8 Å². The molecule has 166 valence electrons. The summed E-state index contributed by atoms with van der Waals surface area (Å²) >= 11 is 0. The third-order valence-corrected chi connectivity index (χ3v) is 7.29. The molecule has 0 saturated heterocycles. The first-order valence-electron chi connectivity index (χ1n) is 10.4. The maximum Gasteiger partial charge on any atom is 0.406 e. The van der Waals surface area contributed by atoms with Gasteiger partial charge < -0.3 is 10.5 Å². The van der Waals surface area contributed by atoms with Gasteiger partial charge in [0.05, 0.1) is 17.7 Å². The van der Waals surface area contributed by atoms with E-state index in [1.165, 1.54) is 0 Å². The molecule has 0 unspecified atom stereocenters. The second kappa shape index (κ2) is 7.23. The van der Waals surface area contributed by atoms with E-state index < -0.39 is 35.5 Å². The zero-order valence-electron chi connectivity index (χ0n) is 17.5. The summed E-state index contributed by atoms with van der Waals surface area (Å²) in [5.41, 5.74) is 5.37. The minimum atomic E-state index is -4.61. The van der Waals surface area contributed by atoms with Crippen LogP contribution in [0.25, 0.3) is 0 Å². The van der Waals surface area contributed by atoms with Gasteiger partial charge in [0, 0.05) is 12.5 Å². The van der Waals surface area contributed by atoms with Crippen molar-refractivity contribution in [3.8, 4) is 6.07 Å². The van der Waals surface area contributed by atoms with Gasteiger partial charge in [-0.05, 0) is 54.9 Å². The highest BCUT2D eigenvalue weighted by molar-refractivity contribution is 6.08. The summed E-state index contributed by atoms with van der Waals surface area (Å²) in [5.74, 6) is -1.03. The Kier molecular flexibility index (Phi) is 5.04. The quantitative estimate of drug-likeness (QED) is 0.791. The molecule has 0 aromatic heterocycles. The van der Waals surface area contributed by atoms with Crippen LogP contribution in [0.4, 0.5) is 13.2 Å². The Morgan fingerprint density at radius 2 is 2.16 bits per heavy atom. The highest BCUT2D eigenvalue weighted by atomic mass is 19.4. The Labute approximate surface area is 178 Å². The minimum Gasteiger partial charge on any atom is -0.381 e. The van der Waals surface area contributed by atoms with E-state index in [1.54, 1.807) is 25.3 Å². The molecule has 1 amide bonds. The molecule has 0 radical (unpaired) electrons. The van der Waals surface area contributed by atoms with Crippen LogP contribution in [0, 0.1) is 22.7 Å². The molecule has 1 fully saturated rings. The van der Waals surface area contributed by atoms with Crippen molar-refractivity contribution in [3.63, 3.8) is 0 Å². The van der Waals surface area contributed by atoms with Crippen LogP contribution in [0.3, 0.4) is 0 Å². The third-order valence-electron chi connectivity index (χ3n) is 7.29. The molecular formula is C22H25F3N4O2. The molecule has 9 heteroatoms. The van der Waals surface area contributed by atoms with Crippen LogP contribution >= 0.6 is 0 Å². The van der Waals surface area contributed by atoms with Gasteiger partial charge in [0.25, 0.3) is 5.91 Å². The van der Waals surface area contributed by atoms with Crippen LogP contribution in [0.5, 0.6) is 0 Å². The Hall–Kier alpha value is -2.60. The molecule has 4 rings (SSSR count). The van der Waals surface area contributed by atoms with Crippen molar-refractivity contribution in [1.29, 1.82) is 5.26 Å². The van der Waals surface area contributed by atoms with Crippen molar-refractivity contribution >= 4 is 11.9 Å². The predicted octanol–water partition coefficient (Wildman–Crippen LogP) is 3.24. The molecule has 0 bridgehead atoms. The summed E-state index contributed by atoms with van der Waals surface area (Å²) in [5, 5.41) is 9.40. The fourth-order valence-corrected chi connectivity index (χ4v) is 5.94. The number of guanidine groups is 1. The number of hydrogen-bond acceptors (Lipinski definition) is 5. The number of nitrogens with two attached hydrogens (primary N) is 1. The zero-order chi connectivity index (χ0) is 22.6. The van der Waals surface area contributed by atoms with Gasteiger partial charge in [-0.2, -0.15) is 18.4 Å². The van der Waals surface area contributed by atoms with Gasteiger partial charge in [0.15, 0.2) is 11.5 Å². The lowest BCUT2D eigenvalue weighted by Crippen LogP contribution is -2.54. The Balaban J connectivity index is 1.88. The number of alkyl halides is 3. The van der Waals surface area contributed by atoms with Gasteiger partial charge in [-0.3, -0.25) is 9.69 Å². The van der Waals surface area contributed by atoms with E-state index in [4.69, 9.17) is 10.5 Å². The lowest BCUT2D eigenvalue weighted by atomic mass is 9.58. The van der Waals surface area contributed by atoms with Crippen LogP contribution in [-0.2, 0) is 21.5 Å². The number of methoxy groups -OCH3 is 1. The summed E-state index contributed by atoms with van der Waals surface area (Å²) in [6, 6.07) is 7.12. The molecule has 2 spiro atoms. The lowest BCUT2D eigenvalue weighted by molar-refractivity contribution is -0.159. The molecule has 2 aliphatic carbocycles. The average Bonchev–Trinajstić information content (AvgIpc) is 3.13. The number of ether oxygens (including phenoxy) is 1. The normalized spacial score (nSPS) is 32.5. The molecule has 1 saturated carbocycles. The maximum absolute atomic E-state index is 13.7. The molecule has 1 heterocycles. The number of hydrogen-bond donors (Lipinski definition) is 1. The second-order valence-corrected chi connectivity index (χ2v) is 8.81. The second-order valence-electron chi connectivity index (χ2n) is 8.81. The highest BCUT2D eigenvalue weighted by Gasteiger charge is 2.68. The Morgan fingerprint density at radius 1 is 1.42 bits per heavy atom. The summed E-state index contributed by atoms with van der Waals surface area (Å²) in [6.45, 7) is 0.562. The van der Waals surface area contributed by atoms with Crippen molar-refractivity contribution in [1.82, 2.24) is 4.90 Å². The number of nitriles is 1. The first kappa shape index (κ1) is 21.6. The molecule has 2 N–H and O–H groups in total. The molecule has 1 aromatic rings. The van der Waals surface area contributed by atoms with E-state index in [0.29, 0.717) is 41.7 Å². The van der Waals surface area contributed by atoms with E-state index in [2.05, 4.69) is 11.1 Å². The molecule has 1 aliphatic heterocycles. The standard InChI is InChI=1S/C22H25F3N4O2/c1-3-14-9-20(7-6-17(14)31-2)10-15-5-4-13(11-26)8-16(15)22(20)18(30)29(19(27)28-22)12-21(23,24)25/h4-5,8,14,17H,3,6-7,9-10,12H2,1-2H3,(H2,27,28)/t14-,17-,20-,22-/m1/s1. The number of nitrogens with zero attached hydrogens (tertiary/aromatic N) is 3. The van der Waals surface area contributed by atoms with Crippen LogP contribution in [-0.4, -0.2) is 42.7 Å². The number of amides is 1. The summed E-state index contributed by atoms with van der Waals surface area (Å²) in [7, 11) is 1.66. The first-order valence-corrected chi connectivity index (χ1v) is 10.4. The van der Waals surface area contributed by atoms with Crippen molar-refractivity contribution in [3.05, 3.63) is 34.9 Å².